The van der Waals surface area contributed by atoms with Crippen molar-refractivity contribution in [2.45, 2.75) is 6.54 Å². The summed E-state index contributed by atoms with van der Waals surface area (Å²) >= 11 is 0. The van der Waals surface area contributed by atoms with Gasteiger partial charge >= 0.3 is 0 Å². The number of carbonyl (C=O) groups is 1. The first kappa shape index (κ1) is 9.59. The minimum Gasteiger partial charge on any atom is -0.290 e. The van der Waals surface area contributed by atoms with E-state index in [0.29, 0.717) is 6.54 Å². The molecule has 0 aliphatic heterocycles. The molecule has 1 aliphatic rings. The Morgan fingerprint density at radius 1 is 0.933 bits per heavy atom. The molecule has 0 amide bonds. The SMILES string of the molecule is O=C1C=CC(=NCc2ccccc2)C=C1. The molecule has 1 aliphatic carbocycles. The Morgan fingerprint density at radius 3 is 2.27 bits per heavy atom. The molecule has 74 valence electrons. The van der Waals surface area contributed by atoms with Gasteiger partial charge in [0.25, 0.3) is 0 Å². The van der Waals surface area contributed by atoms with E-state index in [-0.39, 0.29) is 5.78 Å². The predicted octanol–water partition coefficient (Wildman–Crippen LogP) is 2.32. The number of allylic oxidation sites excluding steroid dienone is 4. The molecule has 2 heteroatoms. The van der Waals surface area contributed by atoms with E-state index in [2.05, 4.69) is 4.99 Å². The third kappa shape index (κ3) is 2.74. The topological polar surface area (TPSA) is 29.4 Å². The van der Waals surface area contributed by atoms with Crippen LogP contribution in [0.5, 0.6) is 0 Å². The van der Waals surface area contributed by atoms with E-state index in [1.165, 1.54) is 17.7 Å². The lowest BCUT2D eigenvalue weighted by Gasteiger charge is -1.99. The predicted molar refractivity (Wildman–Crippen MR) is 60.9 cm³/mol. The second kappa shape index (κ2) is 4.51. The smallest absolute Gasteiger partial charge is 0.178 e. The maximum absolute atomic E-state index is 10.9. The normalized spacial score (nSPS) is 14.4. The number of ketones is 1. The Bertz CT molecular complexity index is 423. The summed E-state index contributed by atoms with van der Waals surface area (Å²) in [6.07, 6.45) is 6.55. The van der Waals surface area contributed by atoms with Crippen LogP contribution in [0.4, 0.5) is 0 Å². The molecule has 0 spiro atoms. The minimum atomic E-state index is 0.0219. The number of aliphatic imine (C=N–C) groups is 1. The number of hydrogen-bond donors (Lipinski definition) is 0. The first-order valence-corrected chi connectivity index (χ1v) is 4.83. The van der Waals surface area contributed by atoms with Gasteiger partial charge in [0.2, 0.25) is 0 Å². The van der Waals surface area contributed by atoms with Gasteiger partial charge in [0.05, 0.1) is 12.3 Å². The van der Waals surface area contributed by atoms with Crippen LogP contribution in [0, 0.1) is 0 Å². The van der Waals surface area contributed by atoms with Crippen LogP contribution < -0.4 is 0 Å². The monoisotopic (exact) mass is 197 g/mol. The van der Waals surface area contributed by atoms with E-state index in [1.54, 1.807) is 12.2 Å². The first-order valence-electron chi connectivity index (χ1n) is 4.83. The van der Waals surface area contributed by atoms with Crippen LogP contribution >= 0.6 is 0 Å². The highest BCUT2D eigenvalue weighted by Crippen LogP contribution is 2.02. The average molecular weight is 197 g/mol. The quantitative estimate of drug-likeness (QED) is 0.669. The van der Waals surface area contributed by atoms with E-state index >= 15 is 0 Å². The third-order valence-corrected chi connectivity index (χ3v) is 2.12. The van der Waals surface area contributed by atoms with Gasteiger partial charge in [0, 0.05) is 0 Å². The highest BCUT2D eigenvalue weighted by Gasteiger charge is 1.98. The van der Waals surface area contributed by atoms with Crippen molar-refractivity contribution in [3.05, 3.63) is 60.2 Å². The van der Waals surface area contributed by atoms with E-state index in [1.807, 2.05) is 30.3 Å². The molecule has 1 aromatic carbocycles. The zero-order chi connectivity index (χ0) is 10.5. The zero-order valence-electron chi connectivity index (χ0n) is 8.26. The summed E-state index contributed by atoms with van der Waals surface area (Å²) < 4.78 is 0. The molecule has 0 N–H and O–H groups in total. The van der Waals surface area contributed by atoms with Crippen LogP contribution in [0.3, 0.4) is 0 Å². The Morgan fingerprint density at radius 2 is 1.60 bits per heavy atom. The third-order valence-electron chi connectivity index (χ3n) is 2.12. The molecule has 2 nitrogen and oxygen atoms in total. The number of nitrogens with zero attached hydrogens (tertiary/aromatic N) is 1. The molecule has 15 heavy (non-hydrogen) atoms. The second-order valence-electron chi connectivity index (χ2n) is 3.30. The lowest BCUT2D eigenvalue weighted by atomic mass is 10.1. The number of rotatable bonds is 2. The first-order chi connectivity index (χ1) is 7.34. The van der Waals surface area contributed by atoms with Crippen LogP contribution in [0.1, 0.15) is 5.56 Å². The Labute approximate surface area is 88.7 Å². The summed E-state index contributed by atoms with van der Waals surface area (Å²) in [7, 11) is 0. The highest BCUT2D eigenvalue weighted by molar-refractivity contribution is 6.16. The largest absolute Gasteiger partial charge is 0.290 e. The summed E-state index contributed by atoms with van der Waals surface area (Å²) in [5, 5.41) is 0. The number of benzene rings is 1. The van der Waals surface area contributed by atoms with E-state index in [0.717, 1.165) is 5.71 Å². The fraction of sp³-hybridized carbons (Fsp3) is 0.0769. The summed E-state index contributed by atoms with van der Waals surface area (Å²) in [4.78, 5) is 15.2. The van der Waals surface area contributed by atoms with E-state index in [4.69, 9.17) is 0 Å². The second-order valence-corrected chi connectivity index (χ2v) is 3.30. The molecule has 0 unspecified atom stereocenters. The standard InChI is InChI=1S/C13H11NO/c15-13-8-6-12(7-9-13)14-10-11-4-2-1-3-5-11/h1-9H,10H2. The van der Waals surface area contributed by atoms with E-state index in [9.17, 15) is 4.79 Å². The Hall–Kier alpha value is -1.96. The van der Waals surface area contributed by atoms with Gasteiger partial charge in [-0.05, 0) is 29.9 Å². The van der Waals surface area contributed by atoms with Crippen molar-refractivity contribution < 1.29 is 4.79 Å². The molecular weight excluding hydrogens is 186 g/mol. The fourth-order valence-electron chi connectivity index (χ4n) is 1.32. The zero-order valence-corrected chi connectivity index (χ0v) is 8.26. The molecule has 2 rings (SSSR count). The lowest BCUT2D eigenvalue weighted by Crippen LogP contribution is -1.99. The maximum Gasteiger partial charge on any atom is 0.178 e. The Kier molecular flexibility index (Phi) is 2.88. The van der Waals surface area contributed by atoms with Gasteiger partial charge in [-0.1, -0.05) is 30.3 Å². The van der Waals surface area contributed by atoms with Gasteiger partial charge in [-0.3, -0.25) is 9.79 Å². The van der Waals surface area contributed by atoms with Crippen molar-refractivity contribution in [3.8, 4) is 0 Å². The van der Waals surface area contributed by atoms with Crippen molar-refractivity contribution >= 4 is 11.5 Å². The molecule has 0 bridgehead atoms. The van der Waals surface area contributed by atoms with Crippen molar-refractivity contribution in [2.75, 3.05) is 0 Å². The highest BCUT2D eigenvalue weighted by atomic mass is 16.1. The van der Waals surface area contributed by atoms with Crippen LogP contribution in [0.25, 0.3) is 0 Å². The van der Waals surface area contributed by atoms with Gasteiger partial charge in [0.15, 0.2) is 5.78 Å². The van der Waals surface area contributed by atoms with Crippen LogP contribution in [-0.4, -0.2) is 11.5 Å². The fourth-order valence-corrected chi connectivity index (χ4v) is 1.32. The molecule has 0 saturated carbocycles. The average Bonchev–Trinajstić information content (AvgIpc) is 2.30. The van der Waals surface area contributed by atoms with Gasteiger partial charge in [-0.2, -0.15) is 0 Å². The number of carbonyl (C=O) groups excluding carboxylic acids is 1. The summed E-state index contributed by atoms with van der Waals surface area (Å²) in [5.74, 6) is 0.0219. The lowest BCUT2D eigenvalue weighted by molar-refractivity contribution is -0.110. The van der Waals surface area contributed by atoms with Crippen molar-refractivity contribution in [1.82, 2.24) is 0 Å². The molecule has 0 radical (unpaired) electrons. The number of hydrogen-bond acceptors (Lipinski definition) is 2. The molecule has 0 fully saturated rings. The van der Waals surface area contributed by atoms with Gasteiger partial charge in [0.1, 0.15) is 0 Å². The Balaban J connectivity index is 2.04. The molecular formula is C13H11NO. The molecule has 1 aromatic rings. The summed E-state index contributed by atoms with van der Waals surface area (Å²) in [6, 6.07) is 10.0. The van der Waals surface area contributed by atoms with Crippen molar-refractivity contribution in [1.29, 1.82) is 0 Å². The van der Waals surface area contributed by atoms with Crippen molar-refractivity contribution in [3.63, 3.8) is 0 Å². The molecule has 0 aromatic heterocycles. The van der Waals surface area contributed by atoms with Gasteiger partial charge in [-0.15, -0.1) is 0 Å². The summed E-state index contributed by atoms with van der Waals surface area (Å²) in [6.45, 7) is 0.652. The van der Waals surface area contributed by atoms with Crippen LogP contribution in [-0.2, 0) is 11.3 Å². The van der Waals surface area contributed by atoms with Crippen LogP contribution in [0.2, 0.25) is 0 Å². The minimum absolute atomic E-state index is 0.0219. The van der Waals surface area contributed by atoms with Gasteiger partial charge in [-0.25, -0.2) is 0 Å². The molecule has 0 saturated heterocycles. The van der Waals surface area contributed by atoms with Gasteiger partial charge < -0.3 is 0 Å². The van der Waals surface area contributed by atoms with Crippen molar-refractivity contribution in [2.24, 2.45) is 4.99 Å². The molecule has 0 heterocycles. The summed E-state index contributed by atoms with van der Waals surface area (Å²) in [5.41, 5.74) is 2.02. The van der Waals surface area contributed by atoms with E-state index < -0.39 is 0 Å². The molecule has 0 atom stereocenters. The maximum atomic E-state index is 10.9. The van der Waals surface area contributed by atoms with Crippen LogP contribution in [0.15, 0.2) is 59.6 Å².